The molecule has 2 N–H and O–H groups in total. The van der Waals surface area contributed by atoms with Crippen LogP contribution in [-0.2, 0) is 4.79 Å². The molecule has 0 rings (SSSR count). The average Bonchev–Trinajstić information content (AvgIpc) is 2.25. The Hall–Kier alpha value is -0.570. The van der Waals surface area contributed by atoms with E-state index >= 15 is 0 Å². The molecule has 96 valence electrons. The Bertz CT molecular complexity index is 181. The van der Waals surface area contributed by atoms with E-state index in [9.17, 15) is 4.79 Å². The van der Waals surface area contributed by atoms with E-state index in [2.05, 4.69) is 20.8 Å². The van der Waals surface area contributed by atoms with Gasteiger partial charge in [-0.1, -0.05) is 26.7 Å². The van der Waals surface area contributed by atoms with Crippen molar-refractivity contribution >= 4 is 5.91 Å². The molecule has 16 heavy (non-hydrogen) atoms. The van der Waals surface area contributed by atoms with Crippen LogP contribution in [0.3, 0.4) is 0 Å². The van der Waals surface area contributed by atoms with E-state index in [1.807, 2.05) is 4.90 Å². The molecule has 0 saturated heterocycles. The molecule has 0 spiro atoms. The van der Waals surface area contributed by atoms with E-state index in [1.54, 1.807) is 0 Å². The fourth-order valence-corrected chi connectivity index (χ4v) is 1.78. The van der Waals surface area contributed by atoms with Crippen molar-refractivity contribution in [2.24, 2.45) is 11.7 Å². The molecule has 0 aromatic rings. The van der Waals surface area contributed by atoms with Crippen LogP contribution in [0.5, 0.6) is 0 Å². The van der Waals surface area contributed by atoms with Crippen LogP contribution in [0.15, 0.2) is 0 Å². The van der Waals surface area contributed by atoms with Gasteiger partial charge in [-0.3, -0.25) is 4.79 Å². The van der Waals surface area contributed by atoms with Crippen LogP contribution in [0.25, 0.3) is 0 Å². The lowest BCUT2D eigenvalue weighted by atomic mass is 10.1. The van der Waals surface area contributed by atoms with Gasteiger partial charge in [0.15, 0.2) is 0 Å². The zero-order chi connectivity index (χ0) is 12.4. The van der Waals surface area contributed by atoms with E-state index in [0.29, 0.717) is 18.2 Å². The number of nitrogens with two attached hydrogens (primary N) is 1. The van der Waals surface area contributed by atoms with Gasteiger partial charge >= 0.3 is 0 Å². The van der Waals surface area contributed by atoms with Crippen LogP contribution in [-0.4, -0.2) is 30.4 Å². The van der Waals surface area contributed by atoms with E-state index in [1.165, 1.54) is 0 Å². The van der Waals surface area contributed by atoms with Gasteiger partial charge in [0, 0.05) is 19.5 Å². The molecule has 3 heteroatoms. The number of unbranched alkanes of at least 4 members (excludes halogenated alkanes) is 3. The van der Waals surface area contributed by atoms with Crippen molar-refractivity contribution < 1.29 is 4.79 Å². The largest absolute Gasteiger partial charge is 0.343 e. The Morgan fingerprint density at radius 2 is 1.81 bits per heavy atom. The van der Waals surface area contributed by atoms with Crippen molar-refractivity contribution in [2.45, 2.75) is 52.9 Å². The Kier molecular flexibility index (Phi) is 9.30. The van der Waals surface area contributed by atoms with Gasteiger partial charge in [0.05, 0.1) is 0 Å². The number of amides is 1. The van der Waals surface area contributed by atoms with E-state index in [4.69, 9.17) is 5.73 Å². The van der Waals surface area contributed by atoms with Crippen molar-refractivity contribution in [3.63, 3.8) is 0 Å². The van der Waals surface area contributed by atoms with Gasteiger partial charge in [-0.2, -0.15) is 0 Å². The maximum Gasteiger partial charge on any atom is 0.222 e. The minimum Gasteiger partial charge on any atom is -0.343 e. The predicted octanol–water partition coefficient (Wildman–Crippen LogP) is 2.40. The lowest BCUT2D eigenvalue weighted by Crippen LogP contribution is -2.33. The molecule has 0 aromatic carbocycles. The summed E-state index contributed by atoms with van der Waals surface area (Å²) in [6.07, 6.45) is 5.07. The summed E-state index contributed by atoms with van der Waals surface area (Å²) < 4.78 is 0. The third-order valence-electron chi connectivity index (χ3n) is 2.66. The van der Waals surface area contributed by atoms with Crippen molar-refractivity contribution in [1.29, 1.82) is 0 Å². The Morgan fingerprint density at radius 3 is 2.31 bits per heavy atom. The molecule has 0 fully saturated rings. The molecule has 0 saturated carbocycles. The number of carbonyl (C=O) groups excluding carboxylic acids is 1. The van der Waals surface area contributed by atoms with Gasteiger partial charge in [0.2, 0.25) is 5.91 Å². The summed E-state index contributed by atoms with van der Waals surface area (Å²) in [6.45, 7) is 8.84. The second-order valence-corrected chi connectivity index (χ2v) is 4.78. The average molecular weight is 228 g/mol. The summed E-state index contributed by atoms with van der Waals surface area (Å²) in [5.41, 5.74) is 5.42. The number of hydrogen-bond acceptors (Lipinski definition) is 2. The molecule has 3 nitrogen and oxygen atoms in total. The SMILES string of the molecule is CCN(CC(C)C)C(=O)CCCCCCN. The Balaban J connectivity index is 3.67. The number of nitrogens with zero attached hydrogens (tertiary/aromatic N) is 1. The summed E-state index contributed by atoms with van der Waals surface area (Å²) in [5.74, 6) is 0.866. The highest BCUT2D eigenvalue weighted by Gasteiger charge is 2.11. The second kappa shape index (κ2) is 9.64. The van der Waals surface area contributed by atoms with E-state index < -0.39 is 0 Å². The minimum absolute atomic E-state index is 0.309. The first kappa shape index (κ1) is 15.4. The summed E-state index contributed by atoms with van der Waals surface area (Å²) >= 11 is 0. The first-order valence-corrected chi connectivity index (χ1v) is 6.59. The van der Waals surface area contributed by atoms with Crippen LogP contribution in [0, 0.1) is 5.92 Å². The fourth-order valence-electron chi connectivity index (χ4n) is 1.78. The molecular formula is C13H28N2O. The monoisotopic (exact) mass is 228 g/mol. The lowest BCUT2D eigenvalue weighted by molar-refractivity contribution is -0.131. The smallest absolute Gasteiger partial charge is 0.222 e. The zero-order valence-electron chi connectivity index (χ0n) is 11.2. The Labute approximate surface area is 100 Å². The molecule has 0 aliphatic heterocycles. The lowest BCUT2D eigenvalue weighted by Gasteiger charge is -2.22. The molecule has 0 aliphatic rings. The van der Waals surface area contributed by atoms with Crippen molar-refractivity contribution in [3.05, 3.63) is 0 Å². The number of hydrogen-bond donors (Lipinski definition) is 1. The summed E-state index contributed by atoms with van der Waals surface area (Å²) in [5, 5.41) is 0. The quantitative estimate of drug-likeness (QED) is 0.616. The molecule has 0 unspecified atom stereocenters. The molecule has 0 aromatic heterocycles. The standard InChI is InChI=1S/C13H28N2O/c1-4-15(11-12(2)3)13(16)9-7-5-6-8-10-14/h12H,4-11,14H2,1-3H3. The van der Waals surface area contributed by atoms with Crippen molar-refractivity contribution in [2.75, 3.05) is 19.6 Å². The minimum atomic E-state index is 0.309. The highest BCUT2D eigenvalue weighted by molar-refractivity contribution is 5.76. The summed E-state index contributed by atoms with van der Waals surface area (Å²) in [4.78, 5) is 13.8. The molecule has 0 radical (unpaired) electrons. The van der Waals surface area contributed by atoms with Gasteiger partial charge in [-0.25, -0.2) is 0 Å². The zero-order valence-corrected chi connectivity index (χ0v) is 11.2. The van der Waals surface area contributed by atoms with E-state index in [0.717, 1.165) is 45.3 Å². The van der Waals surface area contributed by atoms with Crippen LogP contribution in [0.1, 0.15) is 52.9 Å². The number of rotatable bonds is 9. The molecular weight excluding hydrogens is 200 g/mol. The van der Waals surface area contributed by atoms with Gasteiger partial charge in [0.1, 0.15) is 0 Å². The topological polar surface area (TPSA) is 46.3 Å². The molecule has 0 atom stereocenters. The summed E-state index contributed by atoms with van der Waals surface area (Å²) in [7, 11) is 0. The van der Waals surface area contributed by atoms with Crippen LogP contribution < -0.4 is 5.73 Å². The molecule has 1 amide bonds. The van der Waals surface area contributed by atoms with E-state index in [-0.39, 0.29) is 0 Å². The fraction of sp³-hybridized carbons (Fsp3) is 0.923. The highest BCUT2D eigenvalue weighted by atomic mass is 16.2. The van der Waals surface area contributed by atoms with Gasteiger partial charge in [0.25, 0.3) is 0 Å². The second-order valence-electron chi connectivity index (χ2n) is 4.78. The maximum atomic E-state index is 11.8. The van der Waals surface area contributed by atoms with Gasteiger partial charge in [-0.05, 0) is 32.2 Å². The third-order valence-corrected chi connectivity index (χ3v) is 2.66. The molecule has 0 aliphatic carbocycles. The van der Waals surface area contributed by atoms with Gasteiger partial charge < -0.3 is 10.6 Å². The Morgan fingerprint density at radius 1 is 1.19 bits per heavy atom. The first-order valence-electron chi connectivity index (χ1n) is 6.59. The highest BCUT2D eigenvalue weighted by Crippen LogP contribution is 2.07. The van der Waals surface area contributed by atoms with Crippen molar-refractivity contribution in [3.8, 4) is 0 Å². The third kappa shape index (κ3) is 7.69. The van der Waals surface area contributed by atoms with Crippen LogP contribution in [0.2, 0.25) is 0 Å². The van der Waals surface area contributed by atoms with Crippen LogP contribution in [0.4, 0.5) is 0 Å². The predicted molar refractivity (Wildman–Crippen MR) is 69.2 cm³/mol. The molecule has 0 bridgehead atoms. The normalized spacial score (nSPS) is 10.8. The van der Waals surface area contributed by atoms with Crippen LogP contribution >= 0.6 is 0 Å². The first-order chi connectivity index (χ1) is 7.61. The van der Waals surface area contributed by atoms with Crippen molar-refractivity contribution in [1.82, 2.24) is 4.90 Å². The maximum absolute atomic E-state index is 11.8. The number of carbonyl (C=O) groups is 1. The molecule has 0 heterocycles. The summed E-state index contributed by atoms with van der Waals surface area (Å²) in [6, 6.07) is 0. The van der Waals surface area contributed by atoms with Gasteiger partial charge in [-0.15, -0.1) is 0 Å².